The molecule has 6 heteroatoms. The lowest BCUT2D eigenvalue weighted by atomic mass is 10.1. The molecule has 0 aromatic heterocycles. The van der Waals surface area contributed by atoms with Crippen LogP contribution in [-0.4, -0.2) is 44.0 Å². The number of hydrogen-bond acceptors (Lipinski definition) is 3. The summed E-state index contributed by atoms with van der Waals surface area (Å²) in [7, 11) is 3.36. The van der Waals surface area contributed by atoms with Crippen molar-refractivity contribution in [1.29, 1.82) is 0 Å². The average molecular weight is 285 g/mol. The highest BCUT2D eigenvalue weighted by molar-refractivity contribution is 5.94. The maximum atomic E-state index is 13.5. The van der Waals surface area contributed by atoms with Gasteiger partial charge in [0, 0.05) is 31.7 Å². The predicted octanol–water partition coefficient (Wildman–Crippen LogP) is 2.08. The smallest absolute Gasteiger partial charge is 0.251 e. The molecule has 1 aromatic rings. The molecule has 0 saturated heterocycles. The number of likely N-dealkylation sites (N-methyl/N-ethyl adjacent to an activating group) is 1. The van der Waals surface area contributed by atoms with Crippen LogP contribution < -0.4 is 10.6 Å². The van der Waals surface area contributed by atoms with Gasteiger partial charge in [0.1, 0.15) is 17.3 Å². The minimum atomic E-state index is -0.781. The normalized spacial score (nSPS) is 11.0. The van der Waals surface area contributed by atoms with Gasteiger partial charge in [0.05, 0.1) is 0 Å². The summed E-state index contributed by atoms with van der Waals surface area (Å²) in [4.78, 5) is 13.9. The Hall–Kier alpha value is -1.69. The molecule has 2 N–H and O–H groups in total. The largest absolute Gasteiger partial charge is 0.383 e. The number of nitrogens with one attached hydrogen (secondary N) is 2. The molecular formula is C14H21F2N3O. The third kappa shape index (κ3) is 4.16. The Bertz CT molecular complexity index is 454. The summed E-state index contributed by atoms with van der Waals surface area (Å²) in [6.45, 7) is 5.18. The molecule has 20 heavy (non-hydrogen) atoms. The minimum absolute atomic E-state index is 0.0220. The summed E-state index contributed by atoms with van der Waals surface area (Å²) in [6, 6.07) is 2.42. The second-order valence-corrected chi connectivity index (χ2v) is 4.90. The van der Waals surface area contributed by atoms with Crippen molar-refractivity contribution in [1.82, 2.24) is 10.2 Å². The van der Waals surface area contributed by atoms with Crippen LogP contribution in [0, 0.1) is 11.6 Å². The van der Waals surface area contributed by atoms with E-state index < -0.39 is 17.5 Å². The zero-order valence-corrected chi connectivity index (χ0v) is 12.3. The minimum Gasteiger partial charge on any atom is -0.383 e. The number of nitrogens with zero attached hydrogens (tertiary/aromatic N) is 1. The number of hydrogen-bond donors (Lipinski definition) is 2. The second-order valence-electron chi connectivity index (χ2n) is 4.90. The number of rotatable bonds is 6. The summed E-state index contributed by atoms with van der Waals surface area (Å²) >= 11 is 0. The topological polar surface area (TPSA) is 44.4 Å². The van der Waals surface area contributed by atoms with Crippen LogP contribution in [0.25, 0.3) is 0 Å². The van der Waals surface area contributed by atoms with Crippen molar-refractivity contribution in [2.75, 3.05) is 32.5 Å². The zero-order valence-electron chi connectivity index (χ0n) is 12.3. The molecule has 0 aliphatic carbocycles. The molecule has 1 aromatic carbocycles. The first kappa shape index (κ1) is 16.4. The van der Waals surface area contributed by atoms with Gasteiger partial charge in [-0.1, -0.05) is 0 Å². The number of benzene rings is 1. The first-order valence-electron chi connectivity index (χ1n) is 6.52. The highest BCUT2D eigenvalue weighted by atomic mass is 19.1. The first-order chi connectivity index (χ1) is 9.36. The standard InChI is InChI=1S/C14H21F2N3O/c1-9(2)19(4)6-5-18-14(20)10-7-11(15)13(17-3)12(16)8-10/h7-9,17H,5-6H2,1-4H3,(H,18,20). The van der Waals surface area contributed by atoms with Crippen LogP contribution in [0.5, 0.6) is 0 Å². The van der Waals surface area contributed by atoms with Gasteiger partial charge in [-0.05, 0) is 33.0 Å². The van der Waals surface area contributed by atoms with E-state index in [9.17, 15) is 13.6 Å². The molecule has 0 heterocycles. The molecule has 4 nitrogen and oxygen atoms in total. The number of amides is 1. The lowest BCUT2D eigenvalue weighted by molar-refractivity contribution is 0.0947. The van der Waals surface area contributed by atoms with E-state index in [2.05, 4.69) is 15.5 Å². The Morgan fingerprint density at radius 2 is 1.85 bits per heavy atom. The van der Waals surface area contributed by atoms with Gasteiger partial charge in [-0.25, -0.2) is 8.78 Å². The lowest BCUT2D eigenvalue weighted by Gasteiger charge is -2.20. The fourth-order valence-electron chi connectivity index (χ4n) is 1.65. The molecular weight excluding hydrogens is 264 g/mol. The van der Waals surface area contributed by atoms with Gasteiger partial charge in [-0.3, -0.25) is 4.79 Å². The summed E-state index contributed by atoms with van der Waals surface area (Å²) in [5, 5.41) is 5.05. The third-order valence-electron chi connectivity index (χ3n) is 3.19. The molecule has 0 atom stereocenters. The van der Waals surface area contributed by atoms with Crippen LogP contribution in [0.1, 0.15) is 24.2 Å². The monoisotopic (exact) mass is 285 g/mol. The van der Waals surface area contributed by atoms with Gasteiger partial charge in [0.15, 0.2) is 0 Å². The van der Waals surface area contributed by atoms with Crippen molar-refractivity contribution < 1.29 is 13.6 Å². The van der Waals surface area contributed by atoms with Crippen LogP contribution in [0.15, 0.2) is 12.1 Å². The molecule has 1 amide bonds. The van der Waals surface area contributed by atoms with E-state index in [4.69, 9.17) is 0 Å². The van der Waals surface area contributed by atoms with Gasteiger partial charge in [-0.15, -0.1) is 0 Å². The van der Waals surface area contributed by atoms with E-state index in [-0.39, 0.29) is 11.3 Å². The van der Waals surface area contributed by atoms with Gasteiger partial charge < -0.3 is 15.5 Å². The van der Waals surface area contributed by atoms with E-state index in [0.29, 0.717) is 19.1 Å². The first-order valence-corrected chi connectivity index (χ1v) is 6.52. The molecule has 0 aliphatic rings. The van der Waals surface area contributed by atoms with Gasteiger partial charge in [0.25, 0.3) is 5.91 Å². The molecule has 0 saturated carbocycles. The second kappa shape index (κ2) is 7.19. The van der Waals surface area contributed by atoms with Crippen molar-refractivity contribution in [3.05, 3.63) is 29.3 Å². The van der Waals surface area contributed by atoms with Crippen molar-refractivity contribution in [2.24, 2.45) is 0 Å². The molecule has 1 rings (SSSR count). The Kier molecular flexibility index (Phi) is 5.88. The Balaban J connectivity index is 2.65. The fraction of sp³-hybridized carbons (Fsp3) is 0.500. The third-order valence-corrected chi connectivity index (χ3v) is 3.19. The molecule has 0 unspecified atom stereocenters. The van der Waals surface area contributed by atoms with E-state index in [1.807, 2.05) is 20.9 Å². The molecule has 0 radical (unpaired) electrons. The highest BCUT2D eigenvalue weighted by Gasteiger charge is 2.14. The summed E-state index contributed by atoms with van der Waals surface area (Å²) in [6.07, 6.45) is 0. The highest BCUT2D eigenvalue weighted by Crippen LogP contribution is 2.20. The predicted molar refractivity (Wildman–Crippen MR) is 76.0 cm³/mol. The Labute approximate surface area is 118 Å². The molecule has 0 aliphatic heterocycles. The van der Waals surface area contributed by atoms with E-state index in [1.165, 1.54) is 7.05 Å². The summed E-state index contributed by atoms with van der Waals surface area (Å²) in [5.74, 6) is -2.04. The summed E-state index contributed by atoms with van der Waals surface area (Å²) < 4.78 is 27.1. The Morgan fingerprint density at radius 1 is 1.30 bits per heavy atom. The van der Waals surface area contributed by atoms with Crippen LogP contribution in [-0.2, 0) is 0 Å². The quantitative estimate of drug-likeness (QED) is 0.841. The van der Waals surface area contributed by atoms with Gasteiger partial charge in [-0.2, -0.15) is 0 Å². The molecule has 0 spiro atoms. The van der Waals surface area contributed by atoms with Crippen LogP contribution in [0.4, 0.5) is 14.5 Å². The van der Waals surface area contributed by atoms with Gasteiger partial charge >= 0.3 is 0 Å². The van der Waals surface area contributed by atoms with Crippen molar-refractivity contribution in [3.8, 4) is 0 Å². The van der Waals surface area contributed by atoms with E-state index in [0.717, 1.165) is 12.1 Å². The zero-order chi connectivity index (χ0) is 15.3. The fourth-order valence-corrected chi connectivity index (χ4v) is 1.65. The maximum Gasteiger partial charge on any atom is 0.251 e. The number of anilines is 1. The lowest BCUT2D eigenvalue weighted by Crippen LogP contribution is -2.36. The summed E-state index contributed by atoms with van der Waals surface area (Å²) in [5.41, 5.74) is -0.257. The van der Waals surface area contributed by atoms with Crippen LogP contribution in [0.2, 0.25) is 0 Å². The molecule has 0 bridgehead atoms. The number of carbonyl (C=O) groups is 1. The van der Waals surface area contributed by atoms with Crippen LogP contribution in [0.3, 0.4) is 0 Å². The van der Waals surface area contributed by atoms with Crippen molar-refractivity contribution >= 4 is 11.6 Å². The average Bonchev–Trinajstić information content (AvgIpc) is 2.37. The number of carbonyl (C=O) groups excluding carboxylic acids is 1. The van der Waals surface area contributed by atoms with Crippen molar-refractivity contribution in [2.45, 2.75) is 19.9 Å². The maximum absolute atomic E-state index is 13.5. The molecule has 0 fully saturated rings. The SMILES string of the molecule is CNc1c(F)cc(C(=O)NCCN(C)C(C)C)cc1F. The van der Waals surface area contributed by atoms with Gasteiger partial charge in [0.2, 0.25) is 0 Å². The molecule has 112 valence electrons. The Morgan fingerprint density at radius 3 is 2.30 bits per heavy atom. The van der Waals surface area contributed by atoms with E-state index in [1.54, 1.807) is 0 Å². The van der Waals surface area contributed by atoms with Crippen molar-refractivity contribution in [3.63, 3.8) is 0 Å². The van der Waals surface area contributed by atoms with E-state index >= 15 is 0 Å². The van der Waals surface area contributed by atoms with Crippen LogP contribution >= 0.6 is 0 Å². The number of halogens is 2.